The maximum atomic E-state index is 13.2. The maximum Gasteiger partial charge on any atom is 0.254 e. The first-order valence-electron chi connectivity index (χ1n) is 11.2. The second-order valence-electron chi connectivity index (χ2n) is 8.37. The molecule has 1 amide bonds. The summed E-state index contributed by atoms with van der Waals surface area (Å²) in [7, 11) is -1.89. The van der Waals surface area contributed by atoms with E-state index in [1.807, 2.05) is 31.2 Å². The molecule has 2 aromatic carbocycles. The molecule has 174 valence electrons. The predicted octanol–water partition coefficient (Wildman–Crippen LogP) is 3.67. The highest BCUT2D eigenvalue weighted by Gasteiger charge is 2.27. The van der Waals surface area contributed by atoms with Gasteiger partial charge in [0.05, 0.1) is 16.6 Å². The fraction of sp³-hybridized carbons (Fsp3) is 0.375. The minimum atomic E-state index is -3.62. The topological polar surface area (TPSA) is 88.4 Å². The number of hydrogen-bond donors (Lipinski definition) is 0. The SMILES string of the molecule is CC(c1ccc(-n2cncn2)cc1)N(C)C(=O)c1cccc(S(=O)(=O)N2CCCCCC2)c1. The third-order valence-electron chi connectivity index (χ3n) is 6.24. The lowest BCUT2D eigenvalue weighted by molar-refractivity contribution is 0.0742. The van der Waals surface area contributed by atoms with E-state index in [2.05, 4.69) is 10.1 Å². The van der Waals surface area contributed by atoms with E-state index >= 15 is 0 Å². The van der Waals surface area contributed by atoms with Gasteiger partial charge in [0.2, 0.25) is 10.0 Å². The van der Waals surface area contributed by atoms with Crippen molar-refractivity contribution in [3.63, 3.8) is 0 Å². The van der Waals surface area contributed by atoms with Gasteiger partial charge in [-0.2, -0.15) is 9.40 Å². The number of carbonyl (C=O) groups is 1. The van der Waals surface area contributed by atoms with Gasteiger partial charge in [-0.1, -0.05) is 31.0 Å². The number of rotatable bonds is 6. The summed E-state index contributed by atoms with van der Waals surface area (Å²) in [6.45, 7) is 3.00. The molecule has 9 heteroatoms. The first-order valence-corrected chi connectivity index (χ1v) is 12.6. The zero-order valence-corrected chi connectivity index (χ0v) is 19.8. The molecule has 8 nitrogen and oxygen atoms in total. The Balaban J connectivity index is 1.51. The predicted molar refractivity (Wildman–Crippen MR) is 126 cm³/mol. The first kappa shape index (κ1) is 23.1. The van der Waals surface area contributed by atoms with Crippen LogP contribution in [0, 0.1) is 0 Å². The molecule has 1 aromatic heterocycles. The Bertz CT molecular complexity index is 1190. The van der Waals surface area contributed by atoms with Crippen LogP contribution in [0.1, 0.15) is 54.6 Å². The van der Waals surface area contributed by atoms with Crippen LogP contribution in [-0.4, -0.2) is 58.4 Å². The molecular formula is C24H29N5O3S. The minimum Gasteiger partial charge on any atom is -0.335 e. The molecule has 0 bridgehead atoms. The van der Waals surface area contributed by atoms with E-state index in [0.29, 0.717) is 18.7 Å². The van der Waals surface area contributed by atoms with Crippen LogP contribution >= 0.6 is 0 Å². The standard InChI is InChI=1S/C24H29N5O3S/c1-19(20-10-12-22(13-11-20)29-18-25-17-26-29)27(2)24(30)21-8-7-9-23(16-21)33(31,32)28-14-5-3-4-6-15-28/h7-13,16-19H,3-6,14-15H2,1-2H3. The number of nitrogens with zero attached hydrogens (tertiary/aromatic N) is 5. The zero-order valence-electron chi connectivity index (χ0n) is 19.0. The molecule has 4 rings (SSSR count). The molecule has 33 heavy (non-hydrogen) atoms. The Morgan fingerprint density at radius 1 is 1.03 bits per heavy atom. The minimum absolute atomic E-state index is 0.175. The largest absolute Gasteiger partial charge is 0.335 e. The number of amides is 1. The molecule has 1 fully saturated rings. The van der Waals surface area contributed by atoms with Crippen molar-refractivity contribution in [2.45, 2.75) is 43.5 Å². The van der Waals surface area contributed by atoms with Gasteiger partial charge >= 0.3 is 0 Å². The maximum absolute atomic E-state index is 13.2. The summed E-state index contributed by atoms with van der Waals surface area (Å²) in [4.78, 5) is 19.0. The molecule has 3 aromatic rings. The Morgan fingerprint density at radius 2 is 1.73 bits per heavy atom. The van der Waals surface area contributed by atoms with Gasteiger partial charge in [-0.25, -0.2) is 18.1 Å². The van der Waals surface area contributed by atoms with Gasteiger partial charge in [-0.3, -0.25) is 4.79 Å². The summed E-state index contributed by atoms with van der Waals surface area (Å²) in [6.07, 6.45) is 6.94. The number of sulfonamides is 1. The summed E-state index contributed by atoms with van der Waals surface area (Å²) >= 11 is 0. The number of carbonyl (C=O) groups excluding carboxylic acids is 1. The molecule has 1 aliphatic rings. The molecule has 0 radical (unpaired) electrons. The number of hydrogen-bond acceptors (Lipinski definition) is 5. The highest BCUT2D eigenvalue weighted by Crippen LogP contribution is 2.25. The normalized spacial score (nSPS) is 16.2. The summed E-state index contributed by atoms with van der Waals surface area (Å²) < 4.78 is 29.5. The molecular weight excluding hydrogens is 438 g/mol. The average molecular weight is 468 g/mol. The van der Waals surface area contributed by atoms with Crippen LogP contribution in [0.15, 0.2) is 66.1 Å². The number of aromatic nitrogens is 3. The average Bonchev–Trinajstić information content (AvgIpc) is 3.24. The quantitative estimate of drug-likeness (QED) is 0.552. The lowest BCUT2D eigenvalue weighted by atomic mass is 10.1. The van der Waals surface area contributed by atoms with Gasteiger partial charge in [-0.05, 0) is 55.7 Å². The van der Waals surface area contributed by atoms with Crippen LogP contribution < -0.4 is 0 Å². The Labute approximate surface area is 194 Å². The van der Waals surface area contributed by atoms with Gasteiger partial charge in [0.1, 0.15) is 12.7 Å². The molecule has 1 aliphatic heterocycles. The van der Waals surface area contributed by atoms with Crippen molar-refractivity contribution >= 4 is 15.9 Å². The molecule has 1 atom stereocenters. The van der Waals surface area contributed by atoms with Crippen molar-refractivity contribution in [1.82, 2.24) is 24.0 Å². The fourth-order valence-corrected chi connectivity index (χ4v) is 5.63. The van der Waals surface area contributed by atoms with Gasteiger partial charge in [0.15, 0.2) is 0 Å². The Morgan fingerprint density at radius 3 is 2.36 bits per heavy atom. The highest BCUT2D eigenvalue weighted by molar-refractivity contribution is 7.89. The highest BCUT2D eigenvalue weighted by atomic mass is 32.2. The summed E-state index contributed by atoms with van der Waals surface area (Å²) in [6, 6.07) is 13.9. The molecule has 2 heterocycles. The summed E-state index contributed by atoms with van der Waals surface area (Å²) in [5.41, 5.74) is 2.20. The number of benzene rings is 2. The van der Waals surface area contributed by atoms with Crippen molar-refractivity contribution in [2.24, 2.45) is 0 Å². The smallest absolute Gasteiger partial charge is 0.254 e. The molecule has 1 unspecified atom stereocenters. The van der Waals surface area contributed by atoms with Crippen molar-refractivity contribution in [3.05, 3.63) is 72.3 Å². The van der Waals surface area contributed by atoms with Crippen LogP contribution in [0.5, 0.6) is 0 Å². The summed E-state index contributed by atoms with van der Waals surface area (Å²) in [5, 5.41) is 4.12. The molecule has 0 spiro atoms. The summed E-state index contributed by atoms with van der Waals surface area (Å²) in [5.74, 6) is -0.226. The molecule has 1 saturated heterocycles. The van der Waals surface area contributed by atoms with Crippen molar-refractivity contribution < 1.29 is 13.2 Å². The zero-order chi connectivity index (χ0) is 23.4. The second kappa shape index (κ2) is 9.84. The lowest BCUT2D eigenvalue weighted by Gasteiger charge is -2.26. The van der Waals surface area contributed by atoms with Gasteiger partial charge in [0.25, 0.3) is 5.91 Å². The van der Waals surface area contributed by atoms with E-state index in [4.69, 9.17) is 0 Å². The van der Waals surface area contributed by atoms with Crippen molar-refractivity contribution in [2.75, 3.05) is 20.1 Å². The molecule has 0 aliphatic carbocycles. The third-order valence-corrected chi connectivity index (χ3v) is 8.14. The van der Waals surface area contributed by atoms with Gasteiger partial charge < -0.3 is 4.90 Å². The van der Waals surface area contributed by atoms with E-state index < -0.39 is 10.0 Å². The first-order chi connectivity index (χ1) is 15.9. The van der Waals surface area contributed by atoms with Crippen LogP contribution in [-0.2, 0) is 10.0 Å². The van der Waals surface area contributed by atoms with Crippen LogP contribution in [0.2, 0.25) is 0 Å². The Kier molecular flexibility index (Phi) is 6.90. The van der Waals surface area contributed by atoms with Crippen molar-refractivity contribution in [1.29, 1.82) is 0 Å². The van der Waals surface area contributed by atoms with E-state index in [9.17, 15) is 13.2 Å². The monoisotopic (exact) mass is 467 g/mol. The van der Waals surface area contributed by atoms with E-state index in [1.165, 1.54) is 12.4 Å². The van der Waals surface area contributed by atoms with E-state index in [1.54, 1.807) is 45.5 Å². The van der Waals surface area contributed by atoms with Gasteiger partial charge in [0, 0.05) is 25.7 Å². The van der Waals surface area contributed by atoms with Crippen LogP contribution in [0.3, 0.4) is 0 Å². The van der Waals surface area contributed by atoms with Crippen molar-refractivity contribution in [3.8, 4) is 5.69 Å². The molecule has 0 saturated carbocycles. The third kappa shape index (κ3) is 4.99. The lowest BCUT2D eigenvalue weighted by Crippen LogP contribution is -2.32. The fourth-order valence-electron chi connectivity index (χ4n) is 4.07. The van der Waals surface area contributed by atoms with E-state index in [-0.39, 0.29) is 16.8 Å². The Hall–Kier alpha value is -3.04. The molecule has 0 N–H and O–H groups in total. The van der Waals surface area contributed by atoms with Crippen LogP contribution in [0.4, 0.5) is 0 Å². The van der Waals surface area contributed by atoms with E-state index in [0.717, 1.165) is 36.9 Å². The van der Waals surface area contributed by atoms with Gasteiger partial charge in [-0.15, -0.1) is 0 Å². The second-order valence-corrected chi connectivity index (χ2v) is 10.3. The van der Waals surface area contributed by atoms with Crippen LogP contribution in [0.25, 0.3) is 5.69 Å².